The van der Waals surface area contributed by atoms with E-state index in [4.69, 9.17) is 0 Å². The lowest BCUT2D eigenvalue weighted by Crippen LogP contribution is -2.37. The Morgan fingerprint density at radius 2 is 2.17 bits per heavy atom. The average molecular weight is 307 g/mol. The Balaban J connectivity index is 1.39. The number of fused-ring (bicyclic) bond motifs is 2. The lowest BCUT2D eigenvalue weighted by Gasteiger charge is -2.33. The monoisotopic (exact) mass is 307 g/mol. The Morgan fingerprint density at radius 3 is 3.13 bits per heavy atom. The van der Waals surface area contributed by atoms with Crippen molar-refractivity contribution in [3.05, 3.63) is 60.3 Å². The maximum Gasteiger partial charge on any atom is 0.155 e. The van der Waals surface area contributed by atoms with Crippen LogP contribution in [0.25, 0.3) is 5.65 Å². The third kappa shape index (κ3) is 2.80. The van der Waals surface area contributed by atoms with Crippen LogP contribution in [0.3, 0.4) is 0 Å². The van der Waals surface area contributed by atoms with Crippen molar-refractivity contribution >= 4 is 11.3 Å². The van der Waals surface area contributed by atoms with Crippen molar-refractivity contribution < 1.29 is 0 Å². The van der Waals surface area contributed by atoms with Gasteiger partial charge in [0.05, 0.1) is 18.1 Å². The number of nitrogens with one attached hydrogen (secondary N) is 1. The number of nitrogens with zero attached hydrogens (tertiary/aromatic N) is 4. The first-order valence-corrected chi connectivity index (χ1v) is 8.07. The lowest BCUT2D eigenvalue weighted by molar-refractivity contribution is 0.458. The fourth-order valence-electron chi connectivity index (χ4n) is 3.48. The van der Waals surface area contributed by atoms with Crippen LogP contribution in [0.15, 0.2) is 49.1 Å². The quantitative estimate of drug-likeness (QED) is 0.802. The summed E-state index contributed by atoms with van der Waals surface area (Å²) >= 11 is 0. The van der Waals surface area contributed by atoms with Crippen LogP contribution in [0.2, 0.25) is 0 Å². The summed E-state index contributed by atoms with van der Waals surface area (Å²) in [6, 6.07) is 8.71. The minimum atomic E-state index is 0.635. The summed E-state index contributed by atoms with van der Waals surface area (Å²) in [6.07, 6.45) is 8.61. The van der Waals surface area contributed by atoms with Gasteiger partial charge in [0.25, 0.3) is 0 Å². The van der Waals surface area contributed by atoms with E-state index in [2.05, 4.69) is 55.9 Å². The van der Waals surface area contributed by atoms with Crippen molar-refractivity contribution in [1.29, 1.82) is 0 Å². The van der Waals surface area contributed by atoms with E-state index in [1.54, 1.807) is 12.4 Å². The van der Waals surface area contributed by atoms with Crippen LogP contribution in [0.1, 0.15) is 11.3 Å². The highest BCUT2D eigenvalue weighted by molar-refractivity contribution is 5.55. The summed E-state index contributed by atoms with van der Waals surface area (Å²) in [4.78, 5) is 10.8. The summed E-state index contributed by atoms with van der Waals surface area (Å²) in [6.45, 7) is 2.94. The van der Waals surface area contributed by atoms with E-state index in [9.17, 15) is 0 Å². The Hall–Kier alpha value is -2.40. The molecule has 0 radical (unpaired) electrons. The second kappa shape index (κ2) is 6.01. The van der Waals surface area contributed by atoms with E-state index in [0.29, 0.717) is 5.92 Å². The van der Waals surface area contributed by atoms with Crippen LogP contribution >= 0.6 is 0 Å². The van der Waals surface area contributed by atoms with Crippen LogP contribution < -0.4 is 10.2 Å². The number of imidazole rings is 1. The number of rotatable bonds is 4. The van der Waals surface area contributed by atoms with Gasteiger partial charge >= 0.3 is 0 Å². The first-order valence-electron chi connectivity index (χ1n) is 8.07. The van der Waals surface area contributed by atoms with Gasteiger partial charge in [-0.25, -0.2) is 4.98 Å². The van der Waals surface area contributed by atoms with Gasteiger partial charge < -0.3 is 10.2 Å². The van der Waals surface area contributed by atoms with Crippen LogP contribution in [0.4, 0.5) is 5.69 Å². The average Bonchev–Trinajstić information content (AvgIpc) is 2.98. The standard InChI is InChI=1S/C18H21N5/c1-22-13-14(8-15-4-2-3-5-17(15)22)9-20-10-16-11-21-18-12-19-6-7-23(16)18/h2-7,11-12,14,20H,8-10,13H2,1H3. The molecule has 1 N–H and O–H groups in total. The maximum atomic E-state index is 4.38. The van der Waals surface area contributed by atoms with Crippen molar-refractivity contribution in [3.63, 3.8) is 0 Å². The molecule has 1 atom stereocenters. The van der Waals surface area contributed by atoms with Crippen molar-refractivity contribution in [2.45, 2.75) is 13.0 Å². The maximum absolute atomic E-state index is 4.38. The first kappa shape index (κ1) is 14.2. The normalized spacial score (nSPS) is 17.4. The molecule has 4 rings (SSSR count). The zero-order valence-corrected chi connectivity index (χ0v) is 13.3. The third-order valence-electron chi connectivity index (χ3n) is 4.58. The second-order valence-corrected chi connectivity index (χ2v) is 6.26. The molecule has 0 bridgehead atoms. The molecule has 2 aromatic heterocycles. The molecule has 5 nitrogen and oxygen atoms in total. The molecule has 1 unspecified atom stereocenters. The highest BCUT2D eigenvalue weighted by atomic mass is 15.1. The number of hydrogen-bond donors (Lipinski definition) is 1. The molecule has 1 aliphatic heterocycles. The fraction of sp³-hybridized carbons (Fsp3) is 0.333. The number of aromatic nitrogens is 3. The molecular formula is C18H21N5. The van der Waals surface area contributed by atoms with Crippen LogP contribution in [0.5, 0.6) is 0 Å². The Kier molecular flexibility index (Phi) is 3.71. The Bertz CT molecular complexity index is 810. The van der Waals surface area contributed by atoms with Gasteiger partial charge in [-0.2, -0.15) is 0 Å². The molecule has 1 aliphatic rings. The van der Waals surface area contributed by atoms with Gasteiger partial charge in [0, 0.05) is 44.8 Å². The number of benzene rings is 1. The van der Waals surface area contributed by atoms with E-state index in [1.807, 2.05) is 12.4 Å². The van der Waals surface area contributed by atoms with Crippen molar-refractivity contribution in [1.82, 2.24) is 19.7 Å². The van der Waals surface area contributed by atoms with Gasteiger partial charge in [0.15, 0.2) is 5.65 Å². The summed E-state index contributed by atoms with van der Waals surface area (Å²) < 4.78 is 2.09. The van der Waals surface area contributed by atoms with Gasteiger partial charge in [-0.1, -0.05) is 18.2 Å². The predicted octanol–water partition coefficient (Wildman–Crippen LogP) is 2.13. The van der Waals surface area contributed by atoms with Gasteiger partial charge in [0.1, 0.15) is 0 Å². The molecule has 3 heterocycles. The predicted molar refractivity (Wildman–Crippen MR) is 91.6 cm³/mol. The Morgan fingerprint density at radius 1 is 1.26 bits per heavy atom. The smallest absolute Gasteiger partial charge is 0.155 e. The molecule has 5 heteroatoms. The molecule has 0 spiro atoms. The third-order valence-corrected chi connectivity index (χ3v) is 4.58. The lowest BCUT2D eigenvalue weighted by atomic mass is 9.93. The zero-order chi connectivity index (χ0) is 15.6. The molecule has 23 heavy (non-hydrogen) atoms. The van der Waals surface area contributed by atoms with E-state index >= 15 is 0 Å². The van der Waals surface area contributed by atoms with Gasteiger partial charge in [-0.05, 0) is 24.0 Å². The minimum absolute atomic E-state index is 0.635. The van der Waals surface area contributed by atoms with Crippen molar-refractivity contribution in [3.8, 4) is 0 Å². The second-order valence-electron chi connectivity index (χ2n) is 6.26. The largest absolute Gasteiger partial charge is 0.374 e. The molecular weight excluding hydrogens is 286 g/mol. The molecule has 0 aliphatic carbocycles. The molecule has 0 saturated heterocycles. The zero-order valence-electron chi connectivity index (χ0n) is 13.3. The van der Waals surface area contributed by atoms with Crippen LogP contribution in [-0.4, -0.2) is 34.5 Å². The van der Waals surface area contributed by atoms with E-state index in [-0.39, 0.29) is 0 Å². The molecule has 0 fully saturated rings. The summed E-state index contributed by atoms with van der Waals surface area (Å²) in [7, 11) is 2.18. The number of anilines is 1. The summed E-state index contributed by atoms with van der Waals surface area (Å²) in [5.74, 6) is 0.635. The topological polar surface area (TPSA) is 45.5 Å². The van der Waals surface area contributed by atoms with E-state index in [0.717, 1.165) is 31.7 Å². The minimum Gasteiger partial charge on any atom is -0.374 e. The molecule has 1 aromatic carbocycles. The number of para-hydroxylation sites is 1. The highest BCUT2D eigenvalue weighted by Crippen LogP contribution is 2.27. The molecule has 0 saturated carbocycles. The summed E-state index contributed by atoms with van der Waals surface area (Å²) in [5.41, 5.74) is 4.90. The Labute approximate surface area is 136 Å². The fourth-order valence-corrected chi connectivity index (χ4v) is 3.48. The summed E-state index contributed by atoms with van der Waals surface area (Å²) in [5, 5.41) is 3.59. The highest BCUT2D eigenvalue weighted by Gasteiger charge is 2.21. The van der Waals surface area contributed by atoms with Gasteiger partial charge in [0.2, 0.25) is 0 Å². The SMILES string of the molecule is CN1CC(CNCc2cnc3cnccn23)Cc2ccccc21. The molecule has 118 valence electrons. The van der Waals surface area contributed by atoms with Gasteiger partial charge in [-0.3, -0.25) is 9.38 Å². The van der Waals surface area contributed by atoms with Crippen molar-refractivity contribution in [2.24, 2.45) is 5.92 Å². The van der Waals surface area contributed by atoms with E-state index in [1.165, 1.54) is 16.9 Å². The molecule has 0 amide bonds. The van der Waals surface area contributed by atoms with Gasteiger partial charge in [-0.15, -0.1) is 0 Å². The van der Waals surface area contributed by atoms with Crippen LogP contribution in [0, 0.1) is 5.92 Å². The van der Waals surface area contributed by atoms with E-state index < -0.39 is 0 Å². The van der Waals surface area contributed by atoms with Crippen LogP contribution in [-0.2, 0) is 13.0 Å². The first-order chi connectivity index (χ1) is 11.3. The molecule has 3 aromatic rings. The number of hydrogen-bond acceptors (Lipinski definition) is 4. The van der Waals surface area contributed by atoms with Crippen molar-refractivity contribution in [2.75, 3.05) is 25.0 Å².